The van der Waals surface area contributed by atoms with E-state index in [4.69, 9.17) is 22.1 Å². The summed E-state index contributed by atoms with van der Waals surface area (Å²) in [4.78, 5) is 24.2. The first-order valence-electron chi connectivity index (χ1n) is 6.51. The quantitative estimate of drug-likeness (QED) is 0.716. The number of carboxylic acids is 1. The van der Waals surface area contributed by atoms with Crippen LogP contribution in [0.1, 0.15) is 33.1 Å². The molecule has 1 aliphatic heterocycles. The van der Waals surface area contributed by atoms with Crippen molar-refractivity contribution in [1.82, 2.24) is 4.90 Å². The monoisotopic (exact) mass is 287 g/mol. The van der Waals surface area contributed by atoms with Gasteiger partial charge < -0.3 is 19.5 Å². The van der Waals surface area contributed by atoms with Crippen LogP contribution in [0.4, 0.5) is 0 Å². The average molecular weight is 287 g/mol. The van der Waals surface area contributed by atoms with Crippen molar-refractivity contribution >= 4 is 29.0 Å². The van der Waals surface area contributed by atoms with Crippen LogP contribution in [-0.4, -0.2) is 52.5 Å². The lowest BCUT2D eigenvalue weighted by Gasteiger charge is -2.29. The van der Waals surface area contributed by atoms with Crippen LogP contribution in [0.3, 0.4) is 0 Å². The number of thiocarbonyl (C=S) groups is 1. The third kappa shape index (κ3) is 5.65. The number of aliphatic carboxylic acids is 1. The molecule has 1 N–H and O–H groups in total. The normalized spacial score (nSPS) is 20.0. The third-order valence-electron chi connectivity index (χ3n) is 3.10. The molecule has 2 atom stereocenters. The Morgan fingerprint density at radius 2 is 2.21 bits per heavy atom. The summed E-state index contributed by atoms with van der Waals surface area (Å²) in [6, 6.07) is 0. The Labute approximate surface area is 118 Å². The van der Waals surface area contributed by atoms with Gasteiger partial charge in [-0.2, -0.15) is 0 Å². The second kappa shape index (κ2) is 7.55. The summed E-state index contributed by atoms with van der Waals surface area (Å²) < 4.78 is 5.51. The van der Waals surface area contributed by atoms with Crippen molar-refractivity contribution in [1.29, 1.82) is 0 Å². The molecule has 5 nitrogen and oxygen atoms in total. The molecule has 6 heteroatoms. The highest BCUT2D eigenvalue weighted by atomic mass is 32.1. The minimum Gasteiger partial charge on any atom is -0.480 e. The van der Waals surface area contributed by atoms with E-state index >= 15 is 0 Å². The van der Waals surface area contributed by atoms with Crippen molar-refractivity contribution in [3.63, 3.8) is 0 Å². The number of rotatable bonds is 7. The van der Waals surface area contributed by atoms with Crippen LogP contribution >= 0.6 is 12.2 Å². The standard InChI is InChI=1S/C13H21NO4S/c1-9(6-10(2)15)13(19)14(8-12(16)17)7-11-4-3-5-18-11/h9,11H,3-8H2,1-2H3,(H,16,17). The number of carboxylic acid groups (broad SMARTS) is 1. The summed E-state index contributed by atoms with van der Waals surface area (Å²) in [5.41, 5.74) is 0. The second-order valence-electron chi connectivity index (χ2n) is 5.05. The molecule has 0 saturated carbocycles. The van der Waals surface area contributed by atoms with E-state index in [1.54, 1.807) is 4.90 Å². The number of nitrogens with zero attached hydrogens (tertiary/aromatic N) is 1. The summed E-state index contributed by atoms with van der Waals surface area (Å²) in [7, 11) is 0. The van der Waals surface area contributed by atoms with E-state index in [0.717, 1.165) is 19.4 Å². The van der Waals surface area contributed by atoms with Crippen LogP contribution in [0.5, 0.6) is 0 Å². The molecule has 0 bridgehead atoms. The van der Waals surface area contributed by atoms with Crippen LogP contribution in [0.15, 0.2) is 0 Å². The fraction of sp³-hybridized carbons (Fsp3) is 0.769. The summed E-state index contributed by atoms with van der Waals surface area (Å²) in [5.74, 6) is -0.981. The second-order valence-corrected chi connectivity index (χ2v) is 5.47. The fourth-order valence-electron chi connectivity index (χ4n) is 2.26. The van der Waals surface area contributed by atoms with Crippen molar-refractivity contribution in [2.24, 2.45) is 5.92 Å². The van der Waals surface area contributed by atoms with Gasteiger partial charge in [0.15, 0.2) is 0 Å². The first-order chi connectivity index (χ1) is 8.90. The average Bonchev–Trinajstić information content (AvgIpc) is 2.78. The molecule has 1 aliphatic rings. The maximum atomic E-state index is 11.1. The summed E-state index contributed by atoms with van der Waals surface area (Å²) in [5, 5.41) is 8.96. The molecule has 2 unspecified atom stereocenters. The largest absolute Gasteiger partial charge is 0.480 e. The number of Topliss-reactive ketones (excluding diaryl/α,β-unsaturated/α-hetero) is 1. The minimum absolute atomic E-state index is 0.0434. The third-order valence-corrected chi connectivity index (χ3v) is 3.76. The smallest absolute Gasteiger partial charge is 0.323 e. The van der Waals surface area contributed by atoms with E-state index in [-0.39, 0.29) is 24.3 Å². The topological polar surface area (TPSA) is 66.8 Å². The number of ketones is 1. The minimum atomic E-state index is -0.921. The first kappa shape index (κ1) is 16.0. The zero-order valence-corrected chi connectivity index (χ0v) is 12.2. The van der Waals surface area contributed by atoms with Gasteiger partial charge in [0.1, 0.15) is 12.3 Å². The van der Waals surface area contributed by atoms with Crippen LogP contribution in [0.2, 0.25) is 0 Å². The van der Waals surface area contributed by atoms with Crippen molar-refractivity contribution < 1.29 is 19.4 Å². The van der Waals surface area contributed by atoms with Crippen molar-refractivity contribution in [2.75, 3.05) is 19.7 Å². The molecule has 0 aliphatic carbocycles. The Morgan fingerprint density at radius 1 is 1.53 bits per heavy atom. The lowest BCUT2D eigenvalue weighted by atomic mass is 10.0. The van der Waals surface area contributed by atoms with Crippen LogP contribution < -0.4 is 0 Å². The SMILES string of the molecule is CC(=O)CC(C)C(=S)N(CC(=O)O)CC1CCCO1. The molecule has 1 rings (SSSR count). The van der Waals surface area contributed by atoms with Gasteiger partial charge in [-0.1, -0.05) is 19.1 Å². The maximum absolute atomic E-state index is 11.1. The van der Waals surface area contributed by atoms with Gasteiger partial charge in [0.25, 0.3) is 0 Å². The van der Waals surface area contributed by atoms with Gasteiger partial charge >= 0.3 is 5.97 Å². The number of hydrogen-bond acceptors (Lipinski definition) is 4. The predicted octanol–water partition coefficient (Wildman–Crippen LogP) is 1.49. The van der Waals surface area contributed by atoms with Crippen LogP contribution in [0.25, 0.3) is 0 Å². The Balaban J connectivity index is 2.62. The van der Waals surface area contributed by atoms with E-state index < -0.39 is 5.97 Å². The fourth-order valence-corrected chi connectivity index (χ4v) is 2.48. The lowest BCUT2D eigenvalue weighted by Crippen LogP contribution is -2.42. The van der Waals surface area contributed by atoms with E-state index in [0.29, 0.717) is 18.0 Å². The van der Waals surface area contributed by atoms with Crippen molar-refractivity contribution in [2.45, 2.75) is 39.2 Å². The van der Waals surface area contributed by atoms with Gasteiger partial charge in [-0.3, -0.25) is 4.79 Å². The molecular formula is C13H21NO4S. The van der Waals surface area contributed by atoms with Gasteiger partial charge in [-0.05, 0) is 19.8 Å². The van der Waals surface area contributed by atoms with E-state index in [1.807, 2.05) is 6.92 Å². The molecule has 0 amide bonds. The summed E-state index contributed by atoms with van der Waals surface area (Å²) in [6.45, 7) is 4.45. The molecule has 0 radical (unpaired) electrons. The Bertz CT molecular complexity index is 353. The molecule has 0 aromatic heterocycles. The van der Waals surface area contributed by atoms with Gasteiger partial charge in [-0.25, -0.2) is 0 Å². The maximum Gasteiger partial charge on any atom is 0.323 e. The molecule has 0 aromatic carbocycles. The number of carbonyl (C=O) groups excluding carboxylic acids is 1. The van der Waals surface area contributed by atoms with Gasteiger partial charge in [-0.15, -0.1) is 0 Å². The van der Waals surface area contributed by atoms with Crippen molar-refractivity contribution in [3.05, 3.63) is 0 Å². The number of carbonyl (C=O) groups is 2. The zero-order valence-electron chi connectivity index (χ0n) is 11.4. The van der Waals surface area contributed by atoms with Gasteiger partial charge in [0.05, 0.1) is 11.1 Å². The van der Waals surface area contributed by atoms with Gasteiger partial charge in [0, 0.05) is 25.5 Å². The van der Waals surface area contributed by atoms with Gasteiger partial charge in [0.2, 0.25) is 0 Å². The molecular weight excluding hydrogens is 266 g/mol. The van der Waals surface area contributed by atoms with Crippen molar-refractivity contribution in [3.8, 4) is 0 Å². The van der Waals surface area contributed by atoms with Crippen LogP contribution in [-0.2, 0) is 14.3 Å². The first-order valence-corrected chi connectivity index (χ1v) is 6.92. The molecule has 0 spiro atoms. The summed E-state index contributed by atoms with van der Waals surface area (Å²) >= 11 is 5.32. The highest BCUT2D eigenvalue weighted by molar-refractivity contribution is 7.80. The van der Waals surface area contributed by atoms with E-state index in [1.165, 1.54) is 6.92 Å². The summed E-state index contributed by atoms with van der Waals surface area (Å²) in [6.07, 6.45) is 2.32. The number of hydrogen-bond donors (Lipinski definition) is 1. The highest BCUT2D eigenvalue weighted by Crippen LogP contribution is 2.16. The Kier molecular flexibility index (Phi) is 6.37. The Hall–Kier alpha value is -1.01. The molecule has 0 aromatic rings. The Morgan fingerprint density at radius 3 is 2.68 bits per heavy atom. The molecule has 1 fully saturated rings. The molecule has 19 heavy (non-hydrogen) atoms. The zero-order chi connectivity index (χ0) is 14.4. The van der Waals surface area contributed by atoms with Crippen LogP contribution in [0, 0.1) is 5.92 Å². The number of ether oxygens (including phenoxy) is 1. The highest BCUT2D eigenvalue weighted by Gasteiger charge is 2.25. The molecule has 1 heterocycles. The lowest BCUT2D eigenvalue weighted by molar-refractivity contribution is -0.137. The van der Waals surface area contributed by atoms with E-state index in [2.05, 4.69) is 0 Å². The predicted molar refractivity (Wildman–Crippen MR) is 75.2 cm³/mol. The van der Waals surface area contributed by atoms with E-state index in [9.17, 15) is 9.59 Å². The molecule has 1 saturated heterocycles. The molecule has 108 valence electrons.